The van der Waals surface area contributed by atoms with E-state index in [4.69, 9.17) is 0 Å². The lowest BCUT2D eigenvalue weighted by molar-refractivity contribution is -0.141. The molecule has 6 nitrogen and oxygen atoms in total. The number of hydrogen-bond acceptors (Lipinski definition) is 4. The number of nitrogens with zero attached hydrogens (tertiary/aromatic N) is 1. The molecule has 0 saturated carbocycles. The third kappa shape index (κ3) is 6.81. The molecule has 0 unspecified atom stereocenters. The number of carbonyl (C=O) groups is 1. The fourth-order valence-electron chi connectivity index (χ4n) is 2.92. The van der Waals surface area contributed by atoms with Crippen molar-refractivity contribution in [1.82, 2.24) is 10.3 Å². The van der Waals surface area contributed by atoms with Crippen molar-refractivity contribution >= 4 is 27.2 Å². The van der Waals surface area contributed by atoms with Gasteiger partial charge in [0.1, 0.15) is 5.69 Å². The molecule has 0 aliphatic carbocycles. The molecule has 0 fully saturated rings. The van der Waals surface area contributed by atoms with Crippen LogP contribution < -0.4 is 10.0 Å². The maximum absolute atomic E-state index is 13.0. The largest absolute Gasteiger partial charge is 0.433 e. The number of anilines is 1. The summed E-state index contributed by atoms with van der Waals surface area (Å²) in [6.07, 6.45) is -2.68. The van der Waals surface area contributed by atoms with Crippen molar-refractivity contribution in [2.75, 3.05) is 11.0 Å². The monoisotopic (exact) mass is 455 g/mol. The van der Waals surface area contributed by atoms with Crippen LogP contribution in [-0.2, 0) is 34.0 Å². The van der Waals surface area contributed by atoms with Crippen molar-refractivity contribution < 1.29 is 26.4 Å². The molecule has 1 aromatic heterocycles. The highest BCUT2D eigenvalue weighted by Gasteiger charge is 2.33. The topological polar surface area (TPSA) is 88.2 Å². The second-order valence-corrected chi connectivity index (χ2v) is 8.87. The molecule has 2 aromatic rings. The Morgan fingerprint density at radius 3 is 2.42 bits per heavy atom. The number of carbonyl (C=O) groups excluding carboxylic acids is 1. The summed E-state index contributed by atoms with van der Waals surface area (Å²) >= 11 is 0. The Balaban J connectivity index is 2.14. The Labute approximate surface area is 179 Å². The van der Waals surface area contributed by atoms with Gasteiger partial charge in [0.2, 0.25) is 10.0 Å². The number of amides is 1. The summed E-state index contributed by atoms with van der Waals surface area (Å²) in [6, 6.07) is 7.03. The number of pyridine rings is 1. The van der Waals surface area contributed by atoms with Crippen molar-refractivity contribution in [1.29, 1.82) is 0 Å². The van der Waals surface area contributed by atoms with E-state index in [2.05, 4.69) is 21.6 Å². The number of alkyl halides is 3. The highest BCUT2D eigenvalue weighted by molar-refractivity contribution is 7.92. The maximum atomic E-state index is 13.0. The summed E-state index contributed by atoms with van der Waals surface area (Å²) in [4.78, 5) is 16.2. The first kappa shape index (κ1) is 24.4. The van der Waals surface area contributed by atoms with Gasteiger partial charge in [0.25, 0.3) is 5.91 Å². The van der Waals surface area contributed by atoms with Crippen molar-refractivity contribution in [3.63, 3.8) is 0 Å². The second kappa shape index (κ2) is 9.51. The molecular weight excluding hydrogens is 431 g/mol. The van der Waals surface area contributed by atoms with Gasteiger partial charge in [-0.2, -0.15) is 13.2 Å². The second-order valence-electron chi connectivity index (χ2n) is 7.12. The predicted molar refractivity (Wildman–Crippen MR) is 114 cm³/mol. The van der Waals surface area contributed by atoms with Gasteiger partial charge >= 0.3 is 6.18 Å². The first-order chi connectivity index (χ1) is 14.3. The van der Waals surface area contributed by atoms with Crippen LogP contribution in [-0.4, -0.2) is 25.6 Å². The van der Waals surface area contributed by atoms with Crippen LogP contribution in [0.25, 0.3) is 5.57 Å². The zero-order chi connectivity index (χ0) is 23.4. The number of nitrogens with one attached hydrogen (secondary N) is 2. The van der Waals surface area contributed by atoms with Crippen molar-refractivity contribution in [3.05, 3.63) is 65.0 Å². The van der Waals surface area contributed by atoms with Gasteiger partial charge in [0.05, 0.1) is 11.9 Å². The van der Waals surface area contributed by atoms with E-state index >= 15 is 0 Å². The van der Waals surface area contributed by atoms with Gasteiger partial charge in [0, 0.05) is 23.4 Å². The van der Waals surface area contributed by atoms with E-state index in [0.29, 0.717) is 17.7 Å². The Bertz CT molecular complexity index is 1100. The van der Waals surface area contributed by atoms with Gasteiger partial charge in [-0.1, -0.05) is 38.1 Å². The molecule has 0 saturated heterocycles. The molecule has 0 bridgehead atoms. The van der Waals surface area contributed by atoms with Crippen LogP contribution in [0, 0.1) is 6.92 Å². The lowest BCUT2D eigenvalue weighted by atomic mass is 10.0. The van der Waals surface area contributed by atoms with E-state index in [9.17, 15) is 26.4 Å². The third-order valence-corrected chi connectivity index (χ3v) is 4.98. The predicted octanol–water partition coefficient (Wildman–Crippen LogP) is 4.06. The smallest absolute Gasteiger partial charge is 0.348 e. The number of rotatable bonds is 8. The van der Waals surface area contributed by atoms with Crippen molar-refractivity contribution in [3.8, 4) is 0 Å². The molecule has 31 heavy (non-hydrogen) atoms. The van der Waals surface area contributed by atoms with Gasteiger partial charge in [-0.3, -0.25) is 9.52 Å². The summed E-state index contributed by atoms with van der Waals surface area (Å²) in [5, 5.41) is 2.68. The molecule has 168 valence electrons. The zero-order valence-corrected chi connectivity index (χ0v) is 18.2. The molecule has 1 aromatic carbocycles. The highest BCUT2D eigenvalue weighted by atomic mass is 32.2. The fourth-order valence-corrected chi connectivity index (χ4v) is 3.55. The molecule has 0 aliphatic heterocycles. The molecule has 1 amide bonds. The Morgan fingerprint density at radius 1 is 1.19 bits per heavy atom. The van der Waals surface area contributed by atoms with Crippen LogP contribution in [0.15, 0.2) is 36.9 Å². The maximum Gasteiger partial charge on any atom is 0.433 e. The number of hydrogen-bond donors (Lipinski definition) is 2. The lowest BCUT2D eigenvalue weighted by Gasteiger charge is -2.14. The average molecular weight is 456 g/mol. The van der Waals surface area contributed by atoms with E-state index in [0.717, 1.165) is 17.9 Å². The Hall–Kier alpha value is -2.88. The lowest BCUT2D eigenvalue weighted by Crippen LogP contribution is -2.24. The van der Waals surface area contributed by atoms with Crippen LogP contribution >= 0.6 is 0 Å². The van der Waals surface area contributed by atoms with E-state index < -0.39 is 27.8 Å². The highest BCUT2D eigenvalue weighted by Crippen LogP contribution is 2.30. The number of aryl methyl sites for hydroxylation is 2. The molecule has 2 N–H and O–H groups in total. The van der Waals surface area contributed by atoms with Gasteiger partial charge in [0.15, 0.2) is 0 Å². The number of benzene rings is 1. The summed E-state index contributed by atoms with van der Waals surface area (Å²) in [7, 11) is -3.41. The van der Waals surface area contributed by atoms with E-state index in [1.807, 2.05) is 0 Å². The average Bonchev–Trinajstić information content (AvgIpc) is 2.66. The van der Waals surface area contributed by atoms with Gasteiger partial charge in [-0.15, -0.1) is 0 Å². The summed E-state index contributed by atoms with van der Waals surface area (Å²) < 4.78 is 64.0. The molecular formula is C21H24F3N3O3S. The Kier molecular flexibility index (Phi) is 7.48. The van der Waals surface area contributed by atoms with E-state index in [1.54, 1.807) is 32.0 Å². The van der Waals surface area contributed by atoms with Crippen molar-refractivity contribution in [2.45, 2.75) is 39.4 Å². The SMILES string of the molecule is C=C(C(=O)NCc1ccc(NS(C)(=O)=O)c(C)c1)c1ccc(C(F)(F)F)nc1CCC. The standard InChI is InChI=1S/C21H24F3N3O3S/c1-5-6-18-16(8-10-19(26-18)21(22,23)24)14(3)20(28)25-12-15-7-9-17(13(2)11-15)27-31(4,29)30/h7-11,27H,3,5-6,12H2,1-2,4H3,(H,25,28). The van der Waals surface area contributed by atoms with Gasteiger partial charge < -0.3 is 5.32 Å². The Morgan fingerprint density at radius 2 is 1.87 bits per heavy atom. The molecule has 10 heteroatoms. The summed E-state index contributed by atoms with van der Waals surface area (Å²) in [6.45, 7) is 7.40. The van der Waals surface area contributed by atoms with Crippen LogP contribution in [0.2, 0.25) is 0 Å². The first-order valence-electron chi connectivity index (χ1n) is 9.43. The summed E-state index contributed by atoms with van der Waals surface area (Å²) in [5.74, 6) is -0.532. The third-order valence-electron chi connectivity index (χ3n) is 4.39. The number of halogens is 3. The minimum absolute atomic E-state index is 0.0248. The minimum Gasteiger partial charge on any atom is -0.348 e. The molecule has 0 radical (unpaired) electrons. The van der Waals surface area contributed by atoms with Crippen LogP contribution in [0.1, 0.15) is 41.4 Å². The minimum atomic E-state index is -4.57. The zero-order valence-electron chi connectivity index (χ0n) is 17.4. The molecule has 0 aliphatic rings. The van der Waals surface area contributed by atoms with Crippen molar-refractivity contribution in [2.24, 2.45) is 0 Å². The molecule has 0 spiro atoms. The van der Waals surface area contributed by atoms with Crippen LogP contribution in [0.4, 0.5) is 18.9 Å². The normalized spacial score (nSPS) is 11.8. The van der Waals surface area contributed by atoms with E-state index in [1.165, 1.54) is 6.07 Å². The summed E-state index contributed by atoms with van der Waals surface area (Å²) in [5.41, 5.74) is 1.29. The molecule has 0 atom stereocenters. The first-order valence-corrected chi connectivity index (χ1v) is 11.3. The molecule has 1 heterocycles. The van der Waals surface area contributed by atoms with Crippen LogP contribution in [0.3, 0.4) is 0 Å². The molecule has 2 rings (SSSR count). The van der Waals surface area contributed by atoms with Crippen LogP contribution in [0.5, 0.6) is 0 Å². The van der Waals surface area contributed by atoms with Gasteiger partial charge in [-0.25, -0.2) is 13.4 Å². The quantitative estimate of drug-likeness (QED) is 0.588. The fraction of sp³-hybridized carbons (Fsp3) is 0.333. The van der Waals surface area contributed by atoms with E-state index in [-0.39, 0.29) is 29.8 Å². The number of aromatic nitrogens is 1. The van der Waals surface area contributed by atoms with Gasteiger partial charge in [-0.05, 0) is 36.6 Å². The number of sulfonamides is 1.